The molecule has 2 amide bonds. The van der Waals surface area contributed by atoms with Crippen LogP contribution in [-0.4, -0.2) is 30.7 Å². The molecule has 3 unspecified atom stereocenters. The van der Waals surface area contributed by atoms with Crippen LogP contribution >= 0.6 is 0 Å². The van der Waals surface area contributed by atoms with Gasteiger partial charge in [-0.3, -0.25) is 0 Å². The highest BCUT2D eigenvalue weighted by atomic mass is 16.2. The molecular formula is C9H15N3O. The summed E-state index contributed by atoms with van der Waals surface area (Å²) in [6.45, 7) is 1.08. The lowest BCUT2D eigenvalue weighted by Crippen LogP contribution is -2.56. The zero-order valence-electron chi connectivity index (χ0n) is 7.55. The average Bonchev–Trinajstić information content (AvgIpc) is 2.68. The molecule has 3 N–H and O–H groups in total. The Morgan fingerprint density at radius 1 is 1.31 bits per heavy atom. The molecular weight excluding hydrogens is 166 g/mol. The fourth-order valence-corrected chi connectivity index (χ4v) is 2.30. The smallest absolute Gasteiger partial charge is 0.315 e. The van der Waals surface area contributed by atoms with E-state index < -0.39 is 0 Å². The van der Waals surface area contributed by atoms with Crippen LogP contribution in [-0.2, 0) is 0 Å². The number of hydrogen-bond acceptors (Lipinski definition) is 2. The minimum absolute atomic E-state index is 0.0332. The fraction of sp³-hybridized carbons (Fsp3) is 0.889. The minimum Gasteiger partial charge on any atom is -0.335 e. The summed E-state index contributed by atoms with van der Waals surface area (Å²) in [5, 5.41) is 9.36. The molecule has 2 saturated heterocycles. The Hall–Kier alpha value is -0.770. The molecule has 2 saturated carbocycles. The number of nitrogens with one attached hydrogen (secondary N) is 3. The quantitative estimate of drug-likeness (QED) is 0.553. The maximum atomic E-state index is 11.4. The third-order valence-corrected chi connectivity index (χ3v) is 3.35. The van der Waals surface area contributed by atoms with E-state index in [0.29, 0.717) is 24.0 Å². The molecule has 13 heavy (non-hydrogen) atoms. The number of carbonyl (C=O) groups excluding carboxylic acids is 1. The standard InChI is InChI=1S/C9H15N3O/c13-9(11-6-1-2-6)12-8-5-3-7(8)10-4-5/h5-8,10H,1-4H2,(H2,11,12,13). The Morgan fingerprint density at radius 3 is 2.69 bits per heavy atom. The second kappa shape index (κ2) is 2.61. The Bertz CT molecular complexity index is 225. The molecule has 0 radical (unpaired) electrons. The number of hydrogen-bond donors (Lipinski definition) is 3. The summed E-state index contributed by atoms with van der Waals surface area (Å²) in [6.07, 6.45) is 3.56. The van der Waals surface area contributed by atoms with E-state index in [9.17, 15) is 4.79 Å². The van der Waals surface area contributed by atoms with Gasteiger partial charge < -0.3 is 16.0 Å². The monoisotopic (exact) mass is 181 g/mol. The van der Waals surface area contributed by atoms with Crippen molar-refractivity contribution >= 4 is 6.03 Å². The molecule has 2 bridgehead atoms. The van der Waals surface area contributed by atoms with Gasteiger partial charge in [-0.1, -0.05) is 0 Å². The van der Waals surface area contributed by atoms with E-state index in [2.05, 4.69) is 16.0 Å². The zero-order valence-corrected chi connectivity index (χ0v) is 7.55. The predicted octanol–water partition coefficient (Wildman–Crippen LogP) is -0.192. The first kappa shape index (κ1) is 7.62. The van der Waals surface area contributed by atoms with Crippen molar-refractivity contribution < 1.29 is 4.79 Å². The highest BCUT2D eigenvalue weighted by Crippen LogP contribution is 2.33. The molecule has 4 aliphatic rings. The van der Waals surface area contributed by atoms with Crippen LogP contribution in [0.15, 0.2) is 0 Å². The van der Waals surface area contributed by atoms with Crippen LogP contribution in [0.25, 0.3) is 0 Å². The van der Waals surface area contributed by atoms with Gasteiger partial charge in [0.05, 0.1) is 0 Å². The van der Waals surface area contributed by atoms with Gasteiger partial charge in [0.1, 0.15) is 0 Å². The van der Waals surface area contributed by atoms with Gasteiger partial charge in [0.2, 0.25) is 0 Å². The summed E-state index contributed by atoms with van der Waals surface area (Å²) in [5.41, 5.74) is 0. The molecule has 0 aromatic heterocycles. The van der Waals surface area contributed by atoms with Gasteiger partial charge in [0, 0.05) is 24.7 Å². The summed E-state index contributed by atoms with van der Waals surface area (Å²) < 4.78 is 0. The molecule has 3 atom stereocenters. The predicted molar refractivity (Wildman–Crippen MR) is 48.4 cm³/mol. The van der Waals surface area contributed by atoms with Crippen LogP contribution in [0.4, 0.5) is 4.79 Å². The molecule has 4 nitrogen and oxygen atoms in total. The van der Waals surface area contributed by atoms with Gasteiger partial charge in [0.15, 0.2) is 0 Å². The second-order valence-corrected chi connectivity index (χ2v) is 4.43. The Morgan fingerprint density at radius 2 is 2.15 bits per heavy atom. The van der Waals surface area contributed by atoms with Gasteiger partial charge >= 0.3 is 6.03 Å². The topological polar surface area (TPSA) is 53.2 Å². The third-order valence-electron chi connectivity index (χ3n) is 3.35. The summed E-state index contributed by atoms with van der Waals surface area (Å²) in [7, 11) is 0. The molecule has 4 heteroatoms. The Labute approximate surface area is 77.5 Å². The van der Waals surface area contributed by atoms with Crippen molar-refractivity contribution in [2.45, 2.75) is 37.4 Å². The van der Waals surface area contributed by atoms with E-state index in [1.807, 2.05) is 0 Å². The lowest BCUT2D eigenvalue weighted by Gasteiger charge is -2.34. The summed E-state index contributed by atoms with van der Waals surface area (Å²) >= 11 is 0. The Kier molecular flexibility index (Phi) is 1.53. The molecule has 4 rings (SSSR count). The van der Waals surface area contributed by atoms with Crippen LogP contribution in [0.5, 0.6) is 0 Å². The van der Waals surface area contributed by atoms with Gasteiger partial charge in [-0.25, -0.2) is 4.79 Å². The van der Waals surface area contributed by atoms with Crippen LogP contribution in [0.3, 0.4) is 0 Å². The first-order valence-electron chi connectivity index (χ1n) is 5.13. The number of fused-ring (bicyclic) bond motifs is 1. The fourth-order valence-electron chi connectivity index (χ4n) is 2.30. The van der Waals surface area contributed by atoms with E-state index in [1.54, 1.807) is 0 Å². The average molecular weight is 181 g/mol. The maximum absolute atomic E-state index is 11.4. The minimum atomic E-state index is 0.0332. The van der Waals surface area contributed by atoms with E-state index in [0.717, 1.165) is 19.4 Å². The van der Waals surface area contributed by atoms with Gasteiger partial charge in [0.25, 0.3) is 0 Å². The molecule has 4 fully saturated rings. The van der Waals surface area contributed by atoms with E-state index in [-0.39, 0.29) is 6.03 Å². The van der Waals surface area contributed by atoms with E-state index in [4.69, 9.17) is 0 Å². The van der Waals surface area contributed by atoms with Gasteiger partial charge in [-0.15, -0.1) is 0 Å². The zero-order chi connectivity index (χ0) is 8.84. The molecule has 2 heterocycles. The lowest BCUT2D eigenvalue weighted by molar-refractivity contribution is 0.210. The van der Waals surface area contributed by atoms with Crippen molar-refractivity contribution in [3.8, 4) is 0 Å². The molecule has 72 valence electrons. The SMILES string of the molecule is O=C(NC1CC1)NC1C2CNC1C2. The van der Waals surface area contributed by atoms with Crippen LogP contribution in [0, 0.1) is 5.92 Å². The molecule has 2 aliphatic carbocycles. The van der Waals surface area contributed by atoms with Crippen molar-refractivity contribution in [3.63, 3.8) is 0 Å². The van der Waals surface area contributed by atoms with Crippen LogP contribution < -0.4 is 16.0 Å². The van der Waals surface area contributed by atoms with Crippen molar-refractivity contribution in [2.75, 3.05) is 6.54 Å². The molecule has 0 spiro atoms. The number of amides is 2. The van der Waals surface area contributed by atoms with Crippen LogP contribution in [0.1, 0.15) is 19.3 Å². The number of urea groups is 1. The van der Waals surface area contributed by atoms with Crippen molar-refractivity contribution in [2.24, 2.45) is 5.92 Å². The largest absolute Gasteiger partial charge is 0.335 e. The lowest BCUT2D eigenvalue weighted by atomic mass is 9.80. The van der Waals surface area contributed by atoms with E-state index in [1.165, 1.54) is 6.42 Å². The van der Waals surface area contributed by atoms with Crippen molar-refractivity contribution in [3.05, 3.63) is 0 Å². The highest BCUT2D eigenvalue weighted by molar-refractivity contribution is 5.75. The molecule has 0 aromatic carbocycles. The maximum Gasteiger partial charge on any atom is 0.315 e. The summed E-state index contributed by atoms with van der Waals surface area (Å²) in [6, 6.07) is 1.45. The number of carbonyl (C=O) groups is 1. The molecule has 0 aromatic rings. The first-order chi connectivity index (χ1) is 6.33. The van der Waals surface area contributed by atoms with Crippen molar-refractivity contribution in [1.29, 1.82) is 0 Å². The third kappa shape index (κ3) is 1.29. The Balaban J connectivity index is 1.49. The normalized spacial score (nSPS) is 41.1. The van der Waals surface area contributed by atoms with Crippen molar-refractivity contribution in [1.82, 2.24) is 16.0 Å². The van der Waals surface area contributed by atoms with E-state index >= 15 is 0 Å². The number of rotatable bonds is 2. The first-order valence-corrected chi connectivity index (χ1v) is 5.13. The highest BCUT2D eigenvalue weighted by Gasteiger charge is 2.47. The summed E-state index contributed by atoms with van der Waals surface area (Å²) in [4.78, 5) is 11.4. The van der Waals surface area contributed by atoms with Gasteiger partial charge in [-0.05, 0) is 25.2 Å². The summed E-state index contributed by atoms with van der Waals surface area (Å²) in [5.74, 6) is 0.690. The van der Waals surface area contributed by atoms with Gasteiger partial charge in [-0.2, -0.15) is 0 Å². The second-order valence-electron chi connectivity index (χ2n) is 4.43. The molecule has 2 aliphatic heterocycles. The van der Waals surface area contributed by atoms with Crippen LogP contribution in [0.2, 0.25) is 0 Å².